The second-order valence-corrected chi connectivity index (χ2v) is 6.03. The molecule has 1 aliphatic rings. The third kappa shape index (κ3) is 3.87. The Kier molecular flexibility index (Phi) is 5.30. The molecule has 2 amide bonds. The molecule has 1 unspecified atom stereocenters. The fourth-order valence-electron chi connectivity index (χ4n) is 2.89. The zero-order valence-electron chi connectivity index (χ0n) is 14.6. The minimum atomic E-state index is -0.809. The first-order valence-electron chi connectivity index (χ1n) is 8.40. The number of hydrazone groups is 1. The van der Waals surface area contributed by atoms with E-state index in [1.54, 1.807) is 18.2 Å². The molecule has 2 aromatic carbocycles. The Hall–Kier alpha value is -3.48. The van der Waals surface area contributed by atoms with E-state index in [1.807, 2.05) is 18.2 Å². The SMILES string of the molecule is C=CCN(C(=O)C1=NN(c2ccc(F)cc2)C(C(N)=O)C1)c1ccccc1. The van der Waals surface area contributed by atoms with Crippen LogP contribution in [-0.2, 0) is 9.59 Å². The number of carbonyl (C=O) groups excluding carboxylic acids is 2. The Morgan fingerprint density at radius 1 is 1.22 bits per heavy atom. The lowest BCUT2D eigenvalue weighted by Crippen LogP contribution is -2.40. The maximum absolute atomic E-state index is 13.2. The molecule has 0 aliphatic carbocycles. The average molecular weight is 366 g/mol. The van der Waals surface area contributed by atoms with E-state index in [-0.39, 0.29) is 18.0 Å². The van der Waals surface area contributed by atoms with Crippen molar-refractivity contribution >= 4 is 28.9 Å². The van der Waals surface area contributed by atoms with Gasteiger partial charge in [-0.25, -0.2) is 4.39 Å². The normalized spacial score (nSPS) is 16.0. The van der Waals surface area contributed by atoms with E-state index in [0.717, 1.165) is 0 Å². The minimum absolute atomic E-state index is 0.0754. The van der Waals surface area contributed by atoms with Gasteiger partial charge in [-0.15, -0.1) is 6.58 Å². The number of halogens is 1. The van der Waals surface area contributed by atoms with Crippen molar-refractivity contribution in [3.8, 4) is 0 Å². The van der Waals surface area contributed by atoms with Gasteiger partial charge in [0.1, 0.15) is 17.6 Å². The van der Waals surface area contributed by atoms with E-state index < -0.39 is 17.8 Å². The van der Waals surface area contributed by atoms with Gasteiger partial charge in [0, 0.05) is 18.7 Å². The highest BCUT2D eigenvalue weighted by Gasteiger charge is 2.36. The summed E-state index contributed by atoms with van der Waals surface area (Å²) in [7, 11) is 0. The van der Waals surface area contributed by atoms with Crippen LogP contribution in [0.3, 0.4) is 0 Å². The highest BCUT2D eigenvalue weighted by Crippen LogP contribution is 2.26. The molecule has 1 heterocycles. The van der Waals surface area contributed by atoms with Crippen LogP contribution in [0.25, 0.3) is 0 Å². The molecule has 0 saturated heterocycles. The largest absolute Gasteiger partial charge is 0.368 e. The molecule has 0 bridgehead atoms. The first-order chi connectivity index (χ1) is 13.0. The molecule has 0 fully saturated rings. The molecule has 0 aromatic heterocycles. The highest BCUT2D eigenvalue weighted by atomic mass is 19.1. The van der Waals surface area contributed by atoms with Crippen LogP contribution in [0.4, 0.5) is 15.8 Å². The molecule has 0 spiro atoms. The Balaban J connectivity index is 1.93. The van der Waals surface area contributed by atoms with E-state index in [9.17, 15) is 14.0 Å². The van der Waals surface area contributed by atoms with Crippen LogP contribution in [0, 0.1) is 5.82 Å². The summed E-state index contributed by atoms with van der Waals surface area (Å²) in [4.78, 5) is 26.4. The molecule has 27 heavy (non-hydrogen) atoms. The predicted molar refractivity (Wildman–Crippen MR) is 103 cm³/mol. The Bertz CT molecular complexity index is 881. The lowest BCUT2D eigenvalue weighted by molar-refractivity contribution is -0.119. The van der Waals surface area contributed by atoms with Crippen LogP contribution in [0.15, 0.2) is 72.4 Å². The summed E-state index contributed by atoms with van der Waals surface area (Å²) in [5.41, 5.74) is 6.88. The van der Waals surface area contributed by atoms with Gasteiger partial charge in [-0.3, -0.25) is 14.6 Å². The van der Waals surface area contributed by atoms with Gasteiger partial charge >= 0.3 is 0 Å². The van der Waals surface area contributed by atoms with E-state index >= 15 is 0 Å². The van der Waals surface area contributed by atoms with Crippen LogP contribution in [-0.4, -0.2) is 30.1 Å². The van der Waals surface area contributed by atoms with Crippen molar-refractivity contribution < 1.29 is 14.0 Å². The first kappa shape index (κ1) is 18.3. The summed E-state index contributed by atoms with van der Waals surface area (Å²) in [5, 5.41) is 5.69. The zero-order valence-corrected chi connectivity index (χ0v) is 14.6. The van der Waals surface area contributed by atoms with Gasteiger partial charge in [-0.2, -0.15) is 5.10 Å². The molecule has 138 valence electrons. The number of benzene rings is 2. The summed E-state index contributed by atoms with van der Waals surface area (Å²) in [6, 6.07) is 13.8. The highest BCUT2D eigenvalue weighted by molar-refractivity contribution is 6.45. The monoisotopic (exact) mass is 366 g/mol. The standard InChI is InChI=1S/C20H19FN4O2/c1-2-12-24(15-6-4-3-5-7-15)20(27)17-13-18(19(22)26)25(23-17)16-10-8-14(21)9-11-16/h2-11,18H,1,12-13H2,(H2,22,26). The predicted octanol–water partition coefficient (Wildman–Crippen LogP) is 2.46. The van der Waals surface area contributed by atoms with Crippen molar-refractivity contribution in [1.29, 1.82) is 0 Å². The van der Waals surface area contributed by atoms with Crippen LogP contribution < -0.4 is 15.6 Å². The Morgan fingerprint density at radius 3 is 2.48 bits per heavy atom. The Labute approximate surface area is 156 Å². The third-order valence-corrected chi connectivity index (χ3v) is 4.20. The smallest absolute Gasteiger partial charge is 0.274 e. The van der Waals surface area contributed by atoms with Gasteiger partial charge in [0.25, 0.3) is 5.91 Å². The van der Waals surface area contributed by atoms with Gasteiger partial charge in [0.05, 0.1) is 5.69 Å². The van der Waals surface area contributed by atoms with E-state index in [2.05, 4.69) is 11.7 Å². The number of para-hydroxylation sites is 1. The van der Waals surface area contributed by atoms with E-state index in [4.69, 9.17) is 5.73 Å². The van der Waals surface area contributed by atoms with Crippen LogP contribution >= 0.6 is 0 Å². The number of primary amides is 1. The van der Waals surface area contributed by atoms with Crippen LogP contribution in [0.2, 0.25) is 0 Å². The minimum Gasteiger partial charge on any atom is -0.368 e. The van der Waals surface area contributed by atoms with Gasteiger partial charge in [-0.05, 0) is 36.4 Å². The van der Waals surface area contributed by atoms with Crippen molar-refractivity contribution in [3.05, 3.63) is 73.1 Å². The maximum Gasteiger partial charge on any atom is 0.274 e. The number of hydrogen-bond donors (Lipinski definition) is 1. The van der Waals surface area contributed by atoms with Gasteiger partial charge in [-0.1, -0.05) is 24.3 Å². The van der Waals surface area contributed by atoms with E-state index in [1.165, 1.54) is 34.2 Å². The van der Waals surface area contributed by atoms with Gasteiger partial charge < -0.3 is 10.6 Å². The molecule has 0 saturated carbocycles. The molecular weight excluding hydrogens is 347 g/mol. The number of anilines is 2. The lowest BCUT2D eigenvalue weighted by atomic mass is 10.1. The lowest BCUT2D eigenvalue weighted by Gasteiger charge is -2.20. The summed E-state index contributed by atoms with van der Waals surface area (Å²) in [6.07, 6.45) is 1.69. The van der Waals surface area contributed by atoms with Crippen molar-refractivity contribution in [2.24, 2.45) is 10.8 Å². The number of nitrogens with zero attached hydrogens (tertiary/aromatic N) is 3. The quantitative estimate of drug-likeness (QED) is 0.798. The first-order valence-corrected chi connectivity index (χ1v) is 8.40. The van der Waals surface area contributed by atoms with Crippen molar-refractivity contribution in [2.75, 3.05) is 16.5 Å². The number of hydrogen-bond acceptors (Lipinski definition) is 4. The number of nitrogens with two attached hydrogens (primary N) is 1. The topological polar surface area (TPSA) is 79.0 Å². The number of amides is 2. The number of rotatable bonds is 6. The fraction of sp³-hybridized carbons (Fsp3) is 0.150. The third-order valence-electron chi connectivity index (χ3n) is 4.20. The van der Waals surface area contributed by atoms with E-state index in [0.29, 0.717) is 17.9 Å². The molecule has 7 heteroatoms. The van der Waals surface area contributed by atoms with Gasteiger partial charge in [0.15, 0.2) is 0 Å². The van der Waals surface area contributed by atoms with Crippen molar-refractivity contribution in [3.63, 3.8) is 0 Å². The van der Waals surface area contributed by atoms with Gasteiger partial charge in [0.2, 0.25) is 5.91 Å². The number of carbonyl (C=O) groups is 2. The average Bonchev–Trinajstić information content (AvgIpc) is 3.12. The Morgan fingerprint density at radius 2 is 1.89 bits per heavy atom. The molecule has 0 radical (unpaired) electrons. The molecule has 3 rings (SSSR count). The van der Waals surface area contributed by atoms with Crippen LogP contribution in [0.5, 0.6) is 0 Å². The summed E-state index contributed by atoms with van der Waals surface area (Å²) in [6.45, 7) is 3.99. The maximum atomic E-state index is 13.2. The molecule has 2 aromatic rings. The van der Waals surface area contributed by atoms with Crippen molar-refractivity contribution in [1.82, 2.24) is 0 Å². The second kappa shape index (κ2) is 7.82. The molecule has 2 N–H and O–H groups in total. The zero-order chi connectivity index (χ0) is 19.4. The summed E-state index contributed by atoms with van der Waals surface area (Å²) in [5.74, 6) is -1.35. The van der Waals surface area contributed by atoms with Crippen LogP contribution in [0.1, 0.15) is 6.42 Å². The molecule has 6 nitrogen and oxygen atoms in total. The fourth-order valence-corrected chi connectivity index (χ4v) is 2.89. The van der Waals surface area contributed by atoms with Crippen molar-refractivity contribution in [2.45, 2.75) is 12.5 Å². The molecule has 1 aliphatic heterocycles. The second-order valence-electron chi connectivity index (χ2n) is 6.03. The summed E-state index contributed by atoms with van der Waals surface area (Å²) >= 11 is 0. The summed E-state index contributed by atoms with van der Waals surface area (Å²) < 4.78 is 13.2. The molecular formula is C20H19FN4O2. The molecule has 1 atom stereocenters.